The predicted molar refractivity (Wildman–Crippen MR) is 80.3 cm³/mol. The topological polar surface area (TPSA) is 63.8 Å². The summed E-state index contributed by atoms with van der Waals surface area (Å²) in [7, 11) is 0. The van der Waals surface area contributed by atoms with Crippen LogP contribution in [0.5, 0.6) is 0 Å². The number of nitrogens with zero attached hydrogens (tertiary/aromatic N) is 2. The van der Waals surface area contributed by atoms with Gasteiger partial charge in [0.25, 0.3) is 0 Å². The molecule has 1 heterocycles. The highest BCUT2D eigenvalue weighted by atomic mass is 15.3. The monoisotopic (exact) mass is 268 g/mol. The molecule has 0 spiro atoms. The van der Waals surface area contributed by atoms with Gasteiger partial charge in [-0.3, -0.25) is 0 Å². The summed E-state index contributed by atoms with van der Waals surface area (Å²) in [4.78, 5) is 9.36. The van der Waals surface area contributed by atoms with E-state index in [9.17, 15) is 0 Å². The van der Waals surface area contributed by atoms with Crippen molar-refractivity contribution in [2.45, 2.75) is 38.5 Å². The minimum Gasteiger partial charge on any atom is -0.308 e. The molecule has 0 bridgehead atoms. The minimum atomic E-state index is 0.753. The van der Waals surface area contributed by atoms with Gasteiger partial charge < -0.3 is 5.43 Å². The van der Waals surface area contributed by atoms with E-state index >= 15 is 0 Å². The Morgan fingerprint density at radius 3 is 2.60 bits per heavy atom. The van der Waals surface area contributed by atoms with Crippen LogP contribution >= 0.6 is 0 Å². The van der Waals surface area contributed by atoms with E-state index < -0.39 is 0 Å². The van der Waals surface area contributed by atoms with Crippen LogP contribution in [0.25, 0.3) is 0 Å². The molecule has 1 aromatic heterocycles. The molecule has 3 rings (SSSR count). The number of nitrogens with two attached hydrogens (primary N) is 1. The first-order valence-corrected chi connectivity index (χ1v) is 7.26. The van der Waals surface area contributed by atoms with E-state index in [1.54, 1.807) is 0 Å². The molecular formula is C16H20N4. The number of hydrogen-bond donors (Lipinski definition) is 2. The third-order valence-electron chi connectivity index (χ3n) is 3.82. The second-order valence-electron chi connectivity index (χ2n) is 5.28. The molecule has 3 N–H and O–H groups in total. The van der Waals surface area contributed by atoms with Crippen LogP contribution in [0.3, 0.4) is 0 Å². The number of fused-ring (bicyclic) bond motifs is 1. The molecule has 0 unspecified atom stereocenters. The summed E-state index contributed by atoms with van der Waals surface area (Å²) in [5.74, 6) is 7.31. The van der Waals surface area contributed by atoms with Crippen molar-refractivity contribution in [3.05, 3.63) is 53.0 Å². The number of aromatic nitrogens is 2. The highest BCUT2D eigenvalue weighted by Crippen LogP contribution is 2.24. The summed E-state index contributed by atoms with van der Waals surface area (Å²) in [5, 5.41) is 0. The van der Waals surface area contributed by atoms with E-state index in [1.165, 1.54) is 36.1 Å². The van der Waals surface area contributed by atoms with Gasteiger partial charge in [-0.1, -0.05) is 36.8 Å². The van der Waals surface area contributed by atoms with Crippen LogP contribution < -0.4 is 11.3 Å². The fraction of sp³-hybridized carbons (Fsp3) is 0.375. The third kappa shape index (κ3) is 2.80. The summed E-state index contributed by atoms with van der Waals surface area (Å²) in [6.45, 7) is 0. The lowest BCUT2D eigenvalue weighted by atomic mass is 10.1. The maximum absolute atomic E-state index is 5.65. The maximum atomic E-state index is 5.65. The van der Waals surface area contributed by atoms with E-state index in [-0.39, 0.29) is 0 Å². The van der Waals surface area contributed by atoms with Gasteiger partial charge in [-0.05, 0) is 31.2 Å². The summed E-state index contributed by atoms with van der Waals surface area (Å²) in [6, 6.07) is 10.3. The largest absolute Gasteiger partial charge is 0.308 e. The molecule has 0 fully saturated rings. The lowest BCUT2D eigenvalue weighted by Crippen LogP contribution is -2.15. The Labute approximate surface area is 119 Å². The molecule has 1 aliphatic carbocycles. The van der Waals surface area contributed by atoms with Crippen molar-refractivity contribution in [3.8, 4) is 0 Å². The van der Waals surface area contributed by atoms with Crippen LogP contribution in [0.15, 0.2) is 30.3 Å². The second-order valence-corrected chi connectivity index (χ2v) is 5.28. The Bertz CT molecular complexity index is 581. The van der Waals surface area contributed by atoms with Crippen molar-refractivity contribution in [2.24, 2.45) is 5.84 Å². The van der Waals surface area contributed by atoms with Crippen LogP contribution in [0.4, 0.5) is 5.82 Å². The van der Waals surface area contributed by atoms with E-state index in [0.29, 0.717) is 0 Å². The first kappa shape index (κ1) is 13.1. The quantitative estimate of drug-likeness (QED) is 0.510. The summed E-state index contributed by atoms with van der Waals surface area (Å²) in [5.41, 5.74) is 6.37. The third-order valence-corrected chi connectivity index (χ3v) is 3.82. The Morgan fingerprint density at radius 1 is 1.00 bits per heavy atom. The van der Waals surface area contributed by atoms with Gasteiger partial charge in [0.15, 0.2) is 0 Å². The number of hydrogen-bond acceptors (Lipinski definition) is 4. The number of nitrogens with one attached hydrogen (secondary N) is 1. The van der Waals surface area contributed by atoms with Crippen molar-refractivity contribution in [2.75, 3.05) is 5.43 Å². The summed E-state index contributed by atoms with van der Waals surface area (Å²) in [6.07, 6.45) is 6.48. The van der Waals surface area contributed by atoms with Gasteiger partial charge in [-0.15, -0.1) is 0 Å². The number of nitrogen functional groups attached to an aromatic ring is 1. The molecule has 0 aliphatic heterocycles. The molecule has 0 amide bonds. The molecule has 1 aromatic carbocycles. The lowest BCUT2D eigenvalue weighted by molar-refractivity contribution is 0.708. The van der Waals surface area contributed by atoms with Crippen LogP contribution in [0, 0.1) is 0 Å². The summed E-state index contributed by atoms with van der Waals surface area (Å²) >= 11 is 0. The number of benzene rings is 1. The molecule has 0 saturated carbocycles. The molecule has 20 heavy (non-hydrogen) atoms. The SMILES string of the molecule is NNc1nc(Cc2ccccc2)nc2c1CCCCC2. The molecule has 0 saturated heterocycles. The lowest BCUT2D eigenvalue weighted by Gasteiger charge is -2.12. The number of aryl methyl sites for hydroxylation is 1. The average Bonchev–Trinajstić information content (AvgIpc) is 2.73. The fourth-order valence-corrected chi connectivity index (χ4v) is 2.80. The van der Waals surface area contributed by atoms with Crippen molar-refractivity contribution in [1.29, 1.82) is 0 Å². The van der Waals surface area contributed by atoms with Gasteiger partial charge in [0.2, 0.25) is 0 Å². The molecule has 0 atom stereocenters. The van der Waals surface area contributed by atoms with E-state index in [2.05, 4.69) is 22.5 Å². The van der Waals surface area contributed by atoms with Gasteiger partial charge in [-0.2, -0.15) is 0 Å². The van der Waals surface area contributed by atoms with Crippen LogP contribution in [-0.4, -0.2) is 9.97 Å². The zero-order valence-electron chi connectivity index (χ0n) is 11.6. The van der Waals surface area contributed by atoms with Crippen molar-refractivity contribution in [3.63, 3.8) is 0 Å². The molecule has 104 valence electrons. The maximum Gasteiger partial charge on any atom is 0.147 e. The standard InChI is InChI=1S/C16H20N4/c17-20-16-13-9-5-2-6-10-14(13)18-15(19-16)11-12-7-3-1-4-8-12/h1,3-4,7-8H,2,5-6,9-11,17H2,(H,18,19,20). The van der Waals surface area contributed by atoms with Gasteiger partial charge in [0, 0.05) is 17.7 Å². The first-order chi connectivity index (χ1) is 9.86. The van der Waals surface area contributed by atoms with E-state index in [0.717, 1.165) is 30.9 Å². The predicted octanol–water partition coefficient (Wildman–Crippen LogP) is 2.62. The van der Waals surface area contributed by atoms with Crippen LogP contribution in [0.2, 0.25) is 0 Å². The molecule has 4 heteroatoms. The van der Waals surface area contributed by atoms with Crippen LogP contribution in [0.1, 0.15) is 41.9 Å². The number of rotatable bonds is 3. The van der Waals surface area contributed by atoms with Crippen LogP contribution in [-0.2, 0) is 19.3 Å². The molecule has 4 nitrogen and oxygen atoms in total. The second kappa shape index (κ2) is 6.01. The highest BCUT2D eigenvalue weighted by Gasteiger charge is 2.16. The first-order valence-electron chi connectivity index (χ1n) is 7.26. The van der Waals surface area contributed by atoms with Crippen molar-refractivity contribution >= 4 is 5.82 Å². The Morgan fingerprint density at radius 2 is 1.80 bits per heavy atom. The Kier molecular flexibility index (Phi) is 3.92. The van der Waals surface area contributed by atoms with Crippen molar-refractivity contribution in [1.82, 2.24) is 9.97 Å². The van der Waals surface area contributed by atoms with Gasteiger partial charge in [0.1, 0.15) is 11.6 Å². The highest BCUT2D eigenvalue weighted by molar-refractivity contribution is 5.46. The van der Waals surface area contributed by atoms with E-state index in [1.807, 2.05) is 18.2 Å². The fourth-order valence-electron chi connectivity index (χ4n) is 2.80. The van der Waals surface area contributed by atoms with Crippen molar-refractivity contribution < 1.29 is 0 Å². The Balaban J connectivity index is 1.94. The zero-order valence-corrected chi connectivity index (χ0v) is 11.6. The smallest absolute Gasteiger partial charge is 0.147 e. The summed E-state index contributed by atoms with van der Waals surface area (Å²) < 4.78 is 0. The van der Waals surface area contributed by atoms with Gasteiger partial charge in [-0.25, -0.2) is 15.8 Å². The molecule has 2 aromatic rings. The number of anilines is 1. The molecular weight excluding hydrogens is 248 g/mol. The zero-order chi connectivity index (χ0) is 13.8. The van der Waals surface area contributed by atoms with E-state index in [4.69, 9.17) is 10.8 Å². The minimum absolute atomic E-state index is 0.753. The molecule has 1 aliphatic rings. The average molecular weight is 268 g/mol. The van der Waals surface area contributed by atoms with Gasteiger partial charge in [0.05, 0.1) is 0 Å². The normalized spacial score (nSPS) is 14.4. The number of hydrazine groups is 1. The Hall–Kier alpha value is -1.94. The molecule has 0 radical (unpaired) electrons. The van der Waals surface area contributed by atoms with Gasteiger partial charge >= 0.3 is 0 Å².